The molecule has 0 aliphatic rings. The van der Waals surface area contributed by atoms with Gasteiger partial charge in [-0.3, -0.25) is 4.79 Å². The van der Waals surface area contributed by atoms with Crippen molar-refractivity contribution in [2.24, 2.45) is 0 Å². The van der Waals surface area contributed by atoms with Crippen LogP contribution in [0.25, 0.3) is 0 Å². The molecule has 0 amide bonds. The molecule has 0 saturated carbocycles. The molecule has 1 unspecified atom stereocenters. The zero-order chi connectivity index (χ0) is 12.9. The number of likely N-dealkylation sites (N-methyl/N-ethyl adjacent to an activating group) is 1. The van der Waals surface area contributed by atoms with Crippen LogP contribution in [0, 0.1) is 0 Å². The first-order chi connectivity index (χ1) is 7.94. The van der Waals surface area contributed by atoms with Gasteiger partial charge in [0.05, 0.1) is 21.1 Å². The third kappa shape index (κ3) is 4.98. The van der Waals surface area contributed by atoms with Crippen LogP contribution in [-0.4, -0.2) is 49.6 Å². The third-order valence-electron chi connectivity index (χ3n) is 2.33. The molecule has 0 bridgehead atoms. The monoisotopic (exact) mass is 300 g/mol. The first-order valence-corrected chi connectivity index (χ1v) is 6.63. The Kier molecular flexibility index (Phi) is 5.31. The van der Waals surface area contributed by atoms with Gasteiger partial charge in [0.2, 0.25) is 0 Å². The van der Waals surface area contributed by atoms with Crippen LogP contribution in [0.3, 0.4) is 0 Å². The van der Waals surface area contributed by atoms with Gasteiger partial charge in [-0.2, -0.15) is 0 Å². The number of carbonyl (C=O) groups is 1. The lowest BCUT2D eigenvalue weighted by atomic mass is 10.1. The fourth-order valence-corrected chi connectivity index (χ4v) is 1.89. The van der Waals surface area contributed by atoms with Crippen molar-refractivity contribution in [3.8, 4) is 0 Å². The minimum absolute atomic E-state index is 0.0399. The molecule has 0 radical (unpaired) electrons. The van der Waals surface area contributed by atoms with Gasteiger partial charge in [-0.15, -0.1) is 0 Å². The van der Waals surface area contributed by atoms with Crippen LogP contribution < -0.4 is 0 Å². The molecular formula is C13H19BrNO2+. The highest BCUT2D eigenvalue weighted by Crippen LogP contribution is 2.10. The summed E-state index contributed by atoms with van der Waals surface area (Å²) in [5.41, 5.74) is 1.07. The number of carbonyl (C=O) groups excluding carboxylic acids is 1. The Labute approximate surface area is 111 Å². The van der Waals surface area contributed by atoms with Crippen molar-refractivity contribution >= 4 is 21.7 Å². The Bertz CT molecular complexity index is 359. The number of quaternary nitrogens is 1. The second-order valence-electron chi connectivity index (χ2n) is 4.97. The number of Topliss-reactive ketones (excluding diaryl/α,β-unsaturated/α-hetero) is 1. The quantitative estimate of drug-likeness (QED) is 0.458. The molecule has 0 spiro atoms. The highest BCUT2D eigenvalue weighted by molar-refractivity contribution is 9.09. The molecule has 4 heteroatoms. The molecule has 1 atom stereocenters. The van der Waals surface area contributed by atoms with Crippen LogP contribution in [0.4, 0.5) is 0 Å². The molecular weight excluding hydrogens is 282 g/mol. The second kappa shape index (κ2) is 6.28. The molecule has 0 fully saturated rings. The Hall–Kier alpha value is -0.710. The van der Waals surface area contributed by atoms with Crippen LogP contribution in [0.15, 0.2) is 30.3 Å². The summed E-state index contributed by atoms with van der Waals surface area (Å²) in [6, 6.07) is 9.27. The summed E-state index contributed by atoms with van der Waals surface area (Å²) in [5.74, 6) is 0.0399. The van der Waals surface area contributed by atoms with Gasteiger partial charge in [0.15, 0.2) is 11.9 Å². The average Bonchev–Trinajstić information content (AvgIpc) is 2.27. The molecule has 94 valence electrons. The predicted molar refractivity (Wildman–Crippen MR) is 72.3 cm³/mol. The van der Waals surface area contributed by atoms with Crippen LogP contribution in [0.5, 0.6) is 0 Å². The van der Waals surface area contributed by atoms with Crippen molar-refractivity contribution in [3.05, 3.63) is 35.9 Å². The Morgan fingerprint density at radius 3 is 2.35 bits per heavy atom. The lowest BCUT2D eigenvalue weighted by Gasteiger charge is -2.28. The molecule has 0 N–H and O–H groups in total. The molecule has 1 aromatic rings. The van der Waals surface area contributed by atoms with Crippen LogP contribution in [-0.2, 0) is 4.74 Å². The van der Waals surface area contributed by atoms with E-state index in [0.29, 0.717) is 22.1 Å². The molecule has 1 rings (SSSR count). The number of alkyl halides is 1. The SMILES string of the molecule is C[N+](C)(C)CC(OCBr)C(=O)c1ccccc1. The first-order valence-electron chi connectivity index (χ1n) is 5.51. The fraction of sp³-hybridized carbons (Fsp3) is 0.462. The molecule has 17 heavy (non-hydrogen) atoms. The van der Waals surface area contributed by atoms with E-state index in [0.717, 1.165) is 0 Å². The van der Waals surface area contributed by atoms with E-state index < -0.39 is 6.10 Å². The van der Waals surface area contributed by atoms with E-state index >= 15 is 0 Å². The molecule has 1 aromatic carbocycles. The van der Waals surface area contributed by atoms with Crippen molar-refractivity contribution in [3.63, 3.8) is 0 Å². The zero-order valence-electron chi connectivity index (χ0n) is 10.5. The average molecular weight is 301 g/mol. The summed E-state index contributed by atoms with van der Waals surface area (Å²) >= 11 is 3.22. The Morgan fingerprint density at radius 1 is 1.29 bits per heavy atom. The zero-order valence-corrected chi connectivity index (χ0v) is 12.1. The summed E-state index contributed by atoms with van der Waals surface area (Å²) in [4.78, 5) is 12.3. The van der Waals surface area contributed by atoms with E-state index in [2.05, 4.69) is 15.9 Å². The van der Waals surface area contributed by atoms with Crippen molar-refractivity contribution in [2.75, 3.05) is 33.2 Å². The summed E-state index contributed by atoms with van der Waals surface area (Å²) < 4.78 is 6.18. The molecule has 0 aromatic heterocycles. The lowest BCUT2D eigenvalue weighted by molar-refractivity contribution is -0.872. The second-order valence-corrected chi connectivity index (χ2v) is 5.43. The third-order valence-corrected chi connectivity index (χ3v) is 2.59. The topological polar surface area (TPSA) is 26.3 Å². The first kappa shape index (κ1) is 14.4. The largest absolute Gasteiger partial charge is 0.353 e. The van der Waals surface area contributed by atoms with Crippen LogP contribution in [0.2, 0.25) is 0 Å². The summed E-state index contributed by atoms with van der Waals surface area (Å²) in [5, 5.41) is 0. The standard InChI is InChI=1S/C13H19BrNO2/c1-15(2,3)9-12(17-10-14)13(16)11-7-5-4-6-8-11/h4-8,12H,9-10H2,1-3H3/q+1. The number of halogens is 1. The van der Waals surface area contributed by atoms with E-state index in [-0.39, 0.29) is 5.78 Å². The highest BCUT2D eigenvalue weighted by atomic mass is 79.9. The van der Waals surface area contributed by atoms with Gasteiger partial charge in [-0.1, -0.05) is 46.3 Å². The van der Waals surface area contributed by atoms with E-state index in [1.807, 2.05) is 51.5 Å². The minimum atomic E-state index is -0.406. The maximum absolute atomic E-state index is 12.3. The lowest BCUT2D eigenvalue weighted by Crippen LogP contribution is -2.45. The Morgan fingerprint density at radius 2 is 1.88 bits per heavy atom. The van der Waals surface area contributed by atoms with Gasteiger partial charge in [0, 0.05) is 5.56 Å². The number of rotatable bonds is 6. The number of ketones is 1. The van der Waals surface area contributed by atoms with Crippen molar-refractivity contribution < 1.29 is 14.0 Å². The maximum Gasteiger partial charge on any atom is 0.197 e. The van der Waals surface area contributed by atoms with Crippen LogP contribution >= 0.6 is 15.9 Å². The predicted octanol–water partition coefficient (Wildman–Crippen LogP) is 2.31. The summed E-state index contributed by atoms with van der Waals surface area (Å²) in [6.45, 7) is 0.652. The summed E-state index contributed by atoms with van der Waals surface area (Å²) in [7, 11) is 6.13. The van der Waals surface area contributed by atoms with Gasteiger partial charge in [-0.05, 0) is 0 Å². The van der Waals surface area contributed by atoms with E-state index in [1.165, 1.54) is 0 Å². The Balaban J connectivity index is 2.81. The van der Waals surface area contributed by atoms with Gasteiger partial charge in [0.25, 0.3) is 0 Å². The van der Waals surface area contributed by atoms with Gasteiger partial charge in [-0.25, -0.2) is 0 Å². The van der Waals surface area contributed by atoms with E-state index in [4.69, 9.17) is 4.74 Å². The van der Waals surface area contributed by atoms with Crippen molar-refractivity contribution in [1.29, 1.82) is 0 Å². The van der Waals surface area contributed by atoms with E-state index in [9.17, 15) is 4.79 Å². The number of ether oxygens (including phenoxy) is 1. The smallest absolute Gasteiger partial charge is 0.197 e. The van der Waals surface area contributed by atoms with Crippen molar-refractivity contribution in [1.82, 2.24) is 0 Å². The van der Waals surface area contributed by atoms with Gasteiger partial charge >= 0.3 is 0 Å². The molecule has 0 aliphatic heterocycles. The normalized spacial score (nSPS) is 13.4. The highest BCUT2D eigenvalue weighted by Gasteiger charge is 2.26. The van der Waals surface area contributed by atoms with Gasteiger partial charge < -0.3 is 9.22 Å². The van der Waals surface area contributed by atoms with Crippen molar-refractivity contribution in [2.45, 2.75) is 6.10 Å². The summed E-state index contributed by atoms with van der Waals surface area (Å²) in [6.07, 6.45) is -0.406. The maximum atomic E-state index is 12.3. The van der Waals surface area contributed by atoms with Crippen LogP contribution in [0.1, 0.15) is 10.4 Å². The number of nitrogens with zero attached hydrogens (tertiary/aromatic N) is 1. The molecule has 0 aliphatic carbocycles. The minimum Gasteiger partial charge on any atom is -0.353 e. The molecule has 3 nitrogen and oxygen atoms in total. The number of hydrogen-bond donors (Lipinski definition) is 0. The number of hydrogen-bond acceptors (Lipinski definition) is 2. The number of benzene rings is 1. The van der Waals surface area contributed by atoms with Gasteiger partial charge in [0.1, 0.15) is 12.1 Å². The molecule has 0 saturated heterocycles. The van der Waals surface area contributed by atoms with E-state index in [1.54, 1.807) is 0 Å². The fourth-order valence-electron chi connectivity index (χ4n) is 1.57. The molecule has 0 heterocycles.